The van der Waals surface area contributed by atoms with Crippen molar-refractivity contribution >= 4 is 29.2 Å². The highest BCUT2D eigenvalue weighted by molar-refractivity contribution is 6.15. The van der Waals surface area contributed by atoms with Gasteiger partial charge in [-0.1, -0.05) is 24.2 Å². The van der Waals surface area contributed by atoms with E-state index in [4.69, 9.17) is 9.26 Å². The highest BCUT2D eigenvalue weighted by atomic mass is 16.5. The van der Waals surface area contributed by atoms with Crippen LogP contribution in [0.15, 0.2) is 28.8 Å². The van der Waals surface area contributed by atoms with Crippen LogP contribution in [-0.4, -0.2) is 34.6 Å². The Kier molecular flexibility index (Phi) is 4.97. The minimum atomic E-state index is -1.15. The first-order valence-electron chi connectivity index (χ1n) is 9.09. The number of para-hydroxylation sites is 2. The Hall–Kier alpha value is -3.16. The standard InChI is InChI=1S/C20H23N3O5/c1-6-13-16(11(2)28-22-13)18(25)27-12(3)17(24)23-15-10-8-7-9-14(15)21-19(26)20(23,4)5/h7-10,12H,6H2,1-5H3,(H,21,26)/t12-/m0/s1. The summed E-state index contributed by atoms with van der Waals surface area (Å²) in [4.78, 5) is 39.7. The van der Waals surface area contributed by atoms with E-state index in [-0.39, 0.29) is 11.5 Å². The molecule has 0 radical (unpaired) electrons. The van der Waals surface area contributed by atoms with Gasteiger partial charge in [0.1, 0.15) is 16.9 Å². The number of amides is 2. The van der Waals surface area contributed by atoms with Crippen LogP contribution in [0.2, 0.25) is 0 Å². The molecular formula is C20H23N3O5. The van der Waals surface area contributed by atoms with Crippen LogP contribution in [0.1, 0.15) is 49.5 Å². The lowest BCUT2D eigenvalue weighted by molar-refractivity contribution is -0.131. The molecule has 2 amide bonds. The van der Waals surface area contributed by atoms with Crippen LogP contribution < -0.4 is 10.2 Å². The zero-order valence-electron chi connectivity index (χ0n) is 16.5. The number of fused-ring (bicyclic) bond motifs is 1. The van der Waals surface area contributed by atoms with Gasteiger partial charge < -0.3 is 14.6 Å². The number of hydrogen-bond acceptors (Lipinski definition) is 6. The molecule has 0 bridgehead atoms. The second-order valence-corrected chi connectivity index (χ2v) is 7.17. The summed E-state index contributed by atoms with van der Waals surface area (Å²) in [6, 6.07) is 7.00. The lowest BCUT2D eigenvalue weighted by Crippen LogP contribution is -2.60. The van der Waals surface area contributed by atoms with Crippen molar-refractivity contribution in [3.8, 4) is 0 Å². The van der Waals surface area contributed by atoms with E-state index in [2.05, 4.69) is 10.5 Å². The Bertz CT molecular complexity index is 947. The van der Waals surface area contributed by atoms with E-state index in [0.29, 0.717) is 29.2 Å². The van der Waals surface area contributed by atoms with E-state index in [1.165, 1.54) is 11.8 Å². The molecule has 28 heavy (non-hydrogen) atoms. The fourth-order valence-corrected chi connectivity index (χ4v) is 3.22. The highest BCUT2D eigenvalue weighted by Crippen LogP contribution is 2.37. The first-order valence-corrected chi connectivity index (χ1v) is 9.09. The van der Waals surface area contributed by atoms with E-state index in [1.54, 1.807) is 45.0 Å². The summed E-state index contributed by atoms with van der Waals surface area (Å²) in [6.45, 7) is 8.23. The number of rotatable bonds is 4. The molecule has 0 saturated carbocycles. The molecule has 1 atom stereocenters. The number of ether oxygens (including phenoxy) is 1. The molecule has 148 valence electrons. The molecule has 0 unspecified atom stereocenters. The van der Waals surface area contributed by atoms with E-state index >= 15 is 0 Å². The number of anilines is 2. The average Bonchev–Trinajstić information content (AvgIpc) is 3.02. The zero-order chi connectivity index (χ0) is 20.6. The van der Waals surface area contributed by atoms with Crippen LogP contribution >= 0.6 is 0 Å². The molecule has 2 aromatic rings. The lowest BCUT2D eigenvalue weighted by atomic mass is 9.95. The number of nitrogens with zero attached hydrogens (tertiary/aromatic N) is 2. The minimum absolute atomic E-state index is 0.234. The Balaban J connectivity index is 1.89. The minimum Gasteiger partial charge on any atom is -0.449 e. The van der Waals surface area contributed by atoms with Crippen LogP contribution in [0.25, 0.3) is 0 Å². The molecular weight excluding hydrogens is 362 g/mol. The molecule has 0 saturated heterocycles. The predicted molar refractivity (Wildman–Crippen MR) is 102 cm³/mol. The molecule has 1 aliphatic rings. The monoisotopic (exact) mass is 385 g/mol. The second kappa shape index (κ2) is 7.10. The van der Waals surface area contributed by atoms with E-state index in [9.17, 15) is 14.4 Å². The summed E-state index contributed by atoms with van der Waals surface area (Å²) in [5.41, 5.74) is 0.647. The number of aryl methyl sites for hydroxylation is 2. The van der Waals surface area contributed by atoms with Crippen LogP contribution in [0.5, 0.6) is 0 Å². The SMILES string of the molecule is CCc1noc(C)c1C(=O)O[C@@H](C)C(=O)N1c2ccccc2NC(=O)C1(C)C. The maximum atomic E-state index is 13.2. The van der Waals surface area contributed by atoms with Gasteiger partial charge >= 0.3 is 5.97 Å². The maximum absolute atomic E-state index is 13.2. The molecule has 0 spiro atoms. The predicted octanol–water partition coefficient (Wildman–Crippen LogP) is 2.85. The van der Waals surface area contributed by atoms with Crippen LogP contribution in [-0.2, 0) is 20.7 Å². The first-order chi connectivity index (χ1) is 13.2. The van der Waals surface area contributed by atoms with Gasteiger partial charge in [-0.05, 0) is 46.2 Å². The quantitative estimate of drug-likeness (QED) is 0.812. The number of carbonyl (C=O) groups is 3. The van der Waals surface area contributed by atoms with Crippen molar-refractivity contribution in [1.82, 2.24) is 5.16 Å². The van der Waals surface area contributed by atoms with Gasteiger partial charge in [-0.2, -0.15) is 0 Å². The van der Waals surface area contributed by atoms with Gasteiger partial charge in [0.2, 0.25) is 5.91 Å². The number of aromatic nitrogens is 1. The van der Waals surface area contributed by atoms with Gasteiger partial charge in [0.15, 0.2) is 6.10 Å². The maximum Gasteiger partial charge on any atom is 0.344 e. The number of hydrogen-bond donors (Lipinski definition) is 1. The molecule has 1 aromatic heterocycles. The van der Waals surface area contributed by atoms with Crippen molar-refractivity contribution in [2.45, 2.75) is 52.7 Å². The molecule has 3 rings (SSSR count). The smallest absolute Gasteiger partial charge is 0.344 e. The summed E-state index contributed by atoms with van der Waals surface area (Å²) in [6.07, 6.45) is -0.610. The third-order valence-electron chi connectivity index (χ3n) is 4.83. The Morgan fingerprint density at radius 1 is 1.32 bits per heavy atom. The zero-order valence-corrected chi connectivity index (χ0v) is 16.5. The average molecular weight is 385 g/mol. The van der Waals surface area contributed by atoms with Gasteiger partial charge in [0.25, 0.3) is 5.91 Å². The molecule has 8 heteroatoms. The molecule has 1 N–H and O–H groups in total. The summed E-state index contributed by atoms with van der Waals surface area (Å²) < 4.78 is 10.5. The normalized spacial score (nSPS) is 16.2. The Morgan fingerprint density at radius 3 is 2.68 bits per heavy atom. The number of carbonyl (C=O) groups excluding carboxylic acids is 3. The van der Waals surface area contributed by atoms with Crippen molar-refractivity contribution < 1.29 is 23.6 Å². The van der Waals surface area contributed by atoms with Crippen LogP contribution in [0.3, 0.4) is 0 Å². The number of benzene rings is 1. The largest absolute Gasteiger partial charge is 0.449 e. The van der Waals surface area contributed by atoms with Crippen molar-refractivity contribution in [3.63, 3.8) is 0 Å². The molecule has 1 aromatic carbocycles. The van der Waals surface area contributed by atoms with E-state index in [1.807, 2.05) is 6.92 Å². The summed E-state index contributed by atoms with van der Waals surface area (Å²) in [5.74, 6) is -1.15. The van der Waals surface area contributed by atoms with Crippen molar-refractivity contribution in [2.24, 2.45) is 0 Å². The van der Waals surface area contributed by atoms with E-state index < -0.39 is 23.5 Å². The van der Waals surface area contributed by atoms with Gasteiger partial charge in [-0.3, -0.25) is 14.5 Å². The number of esters is 1. The lowest BCUT2D eigenvalue weighted by Gasteiger charge is -2.42. The fourth-order valence-electron chi connectivity index (χ4n) is 3.22. The number of nitrogens with one attached hydrogen (secondary N) is 1. The van der Waals surface area contributed by atoms with Crippen molar-refractivity contribution in [1.29, 1.82) is 0 Å². The van der Waals surface area contributed by atoms with Gasteiger partial charge in [-0.15, -0.1) is 0 Å². The molecule has 0 aliphatic carbocycles. The molecule has 0 fully saturated rings. The Morgan fingerprint density at radius 2 is 2.00 bits per heavy atom. The van der Waals surface area contributed by atoms with E-state index in [0.717, 1.165) is 0 Å². The van der Waals surface area contributed by atoms with Crippen LogP contribution in [0.4, 0.5) is 11.4 Å². The molecule has 2 heterocycles. The Labute approximate surface area is 162 Å². The van der Waals surface area contributed by atoms with Gasteiger partial charge in [-0.25, -0.2) is 4.79 Å². The molecule has 8 nitrogen and oxygen atoms in total. The van der Waals surface area contributed by atoms with Gasteiger partial charge in [0.05, 0.1) is 17.1 Å². The summed E-state index contributed by atoms with van der Waals surface area (Å²) in [7, 11) is 0. The van der Waals surface area contributed by atoms with Crippen LogP contribution in [0, 0.1) is 6.92 Å². The molecule has 1 aliphatic heterocycles. The second-order valence-electron chi connectivity index (χ2n) is 7.17. The first kappa shape index (κ1) is 19.6. The van der Waals surface area contributed by atoms with Gasteiger partial charge in [0, 0.05) is 0 Å². The third-order valence-corrected chi connectivity index (χ3v) is 4.83. The third kappa shape index (κ3) is 3.15. The van der Waals surface area contributed by atoms with Crippen molar-refractivity contribution in [2.75, 3.05) is 10.2 Å². The highest BCUT2D eigenvalue weighted by Gasteiger charge is 2.45. The van der Waals surface area contributed by atoms with Crippen molar-refractivity contribution in [3.05, 3.63) is 41.3 Å². The topological polar surface area (TPSA) is 102 Å². The summed E-state index contributed by atoms with van der Waals surface area (Å²) >= 11 is 0. The summed E-state index contributed by atoms with van der Waals surface area (Å²) in [5, 5.41) is 6.63. The fraction of sp³-hybridized carbons (Fsp3) is 0.400.